The maximum Gasteiger partial charge on any atom is 0.289 e. The zero-order chi connectivity index (χ0) is 14.7. The van der Waals surface area contributed by atoms with Gasteiger partial charge in [-0.3, -0.25) is 14.2 Å². The molecule has 0 radical (unpaired) electrons. The van der Waals surface area contributed by atoms with Crippen molar-refractivity contribution in [1.29, 1.82) is 0 Å². The molecule has 2 heterocycles. The molecule has 0 aliphatic heterocycles. The van der Waals surface area contributed by atoms with Crippen molar-refractivity contribution < 1.29 is 4.79 Å². The lowest BCUT2D eigenvalue weighted by atomic mass is 10.3. The Hall–Kier alpha value is -2.57. The van der Waals surface area contributed by atoms with E-state index < -0.39 is 0 Å². The van der Waals surface area contributed by atoms with Gasteiger partial charge >= 0.3 is 0 Å². The van der Waals surface area contributed by atoms with Crippen LogP contribution >= 0.6 is 0 Å². The Bertz CT molecular complexity index is 694. The van der Waals surface area contributed by atoms with Gasteiger partial charge in [-0.2, -0.15) is 0 Å². The van der Waals surface area contributed by atoms with Crippen LogP contribution in [0.5, 0.6) is 0 Å². The van der Waals surface area contributed by atoms with E-state index in [-0.39, 0.29) is 17.3 Å². The third kappa shape index (κ3) is 3.31. The number of hydrogen-bond donors (Lipinski definition) is 1. The second-order valence-electron chi connectivity index (χ2n) is 4.95. The molecule has 108 valence electrons. The van der Waals surface area contributed by atoms with E-state index in [4.69, 9.17) is 0 Å². The fourth-order valence-electron chi connectivity index (χ4n) is 2.00. The van der Waals surface area contributed by atoms with E-state index in [0.29, 0.717) is 19.0 Å². The van der Waals surface area contributed by atoms with Gasteiger partial charge in [0.25, 0.3) is 11.5 Å². The van der Waals surface area contributed by atoms with Crippen LogP contribution in [-0.4, -0.2) is 32.0 Å². The van der Waals surface area contributed by atoms with Gasteiger partial charge in [0.1, 0.15) is 0 Å². The highest BCUT2D eigenvalue weighted by molar-refractivity contribution is 5.90. The largest absolute Gasteiger partial charge is 0.348 e. The highest BCUT2D eigenvalue weighted by Gasteiger charge is 2.25. The van der Waals surface area contributed by atoms with E-state index in [0.717, 1.165) is 18.5 Å². The molecule has 0 aromatic carbocycles. The Balaban J connectivity index is 1.56. The first-order valence-electron chi connectivity index (χ1n) is 6.85. The summed E-state index contributed by atoms with van der Waals surface area (Å²) >= 11 is 0. The highest BCUT2D eigenvalue weighted by atomic mass is 16.2. The summed E-state index contributed by atoms with van der Waals surface area (Å²) < 4.78 is 1.48. The number of amides is 1. The Labute approximate surface area is 121 Å². The molecule has 1 saturated carbocycles. The predicted octanol–water partition coefficient (Wildman–Crippen LogP) is 0.341. The lowest BCUT2D eigenvalue weighted by Crippen LogP contribution is -2.31. The van der Waals surface area contributed by atoms with Crippen LogP contribution in [0, 0.1) is 0 Å². The number of hydrogen-bond acceptors (Lipinski definition) is 5. The number of carbonyl (C=O) groups excluding carboxylic acids is 1. The lowest BCUT2D eigenvalue weighted by molar-refractivity contribution is 0.0941. The second-order valence-corrected chi connectivity index (χ2v) is 4.95. The molecule has 7 nitrogen and oxygen atoms in total. The van der Waals surface area contributed by atoms with Crippen LogP contribution in [0.2, 0.25) is 0 Å². The van der Waals surface area contributed by atoms with Crippen LogP contribution in [0.3, 0.4) is 0 Å². The molecule has 1 amide bonds. The first-order chi connectivity index (χ1) is 10.2. The van der Waals surface area contributed by atoms with Crippen molar-refractivity contribution in [3.8, 4) is 0 Å². The molecule has 0 unspecified atom stereocenters. The van der Waals surface area contributed by atoms with Crippen molar-refractivity contribution in [1.82, 2.24) is 24.8 Å². The molecule has 0 spiro atoms. The van der Waals surface area contributed by atoms with Gasteiger partial charge in [0.15, 0.2) is 0 Å². The molecule has 0 bridgehead atoms. The molecular formula is C14H15N5O2. The molecule has 0 atom stereocenters. The van der Waals surface area contributed by atoms with Crippen molar-refractivity contribution in [3.63, 3.8) is 0 Å². The SMILES string of the molecule is O=C(NCCn1cnc(C2CC2)cc1=O)c1ncccn1. The van der Waals surface area contributed by atoms with E-state index in [2.05, 4.69) is 20.3 Å². The summed E-state index contributed by atoms with van der Waals surface area (Å²) in [6.07, 6.45) is 6.79. The summed E-state index contributed by atoms with van der Waals surface area (Å²) in [5.41, 5.74) is 0.787. The van der Waals surface area contributed by atoms with Crippen molar-refractivity contribution in [2.75, 3.05) is 6.54 Å². The number of aromatic nitrogens is 4. The molecule has 3 rings (SSSR count). The summed E-state index contributed by atoms with van der Waals surface area (Å²) in [5.74, 6) is 0.223. The average Bonchev–Trinajstić information content (AvgIpc) is 3.34. The zero-order valence-corrected chi connectivity index (χ0v) is 11.4. The molecule has 2 aromatic rings. The van der Waals surface area contributed by atoms with Gasteiger partial charge in [0.2, 0.25) is 5.82 Å². The number of carbonyl (C=O) groups is 1. The van der Waals surface area contributed by atoms with E-state index in [1.165, 1.54) is 17.0 Å². The Morgan fingerprint density at radius 1 is 1.29 bits per heavy atom. The van der Waals surface area contributed by atoms with Crippen molar-refractivity contribution in [3.05, 3.63) is 52.7 Å². The first-order valence-corrected chi connectivity index (χ1v) is 6.85. The summed E-state index contributed by atoms with van der Waals surface area (Å²) in [6.45, 7) is 0.691. The topological polar surface area (TPSA) is 89.8 Å². The third-order valence-corrected chi connectivity index (χ3v) is 3.30. The Morgan fingerprint density at radius 2 is 2.05 bits per heavy atom. The average molecular weight is 285 g/mol. The lowest BCUT2D eigenvalue weighted by Gasteiger charge is -2.07. The minimum atomic E-state index is -0.355. The number of nitrogens with one attached hydrogen (secondary N) is 1. The summed E-state index contributed by atoms with van der Waals surface area (Å²) in [6, 6.07) is 3.23. The molecule has 2 aromatic heterocycles. The van der Waals surface area contributed by atoms with Crippen LogP contribution in [0.1, 0.15) is 35.1 Å². The van der Waals surface area contributed by atoms with Gasteiger partial charge in [-0.1, -0.05) is 0 Å². The zero-order valence-electron chi connectivity index (χ0n) is 11.4. The minimum absolute atomic E-state index is 0.0860. The Morgan fingerprint density at radius 3 is 2.71 bits per heavy atom. The van der Waals surface area contributed by atoms with Gasteiger partial charge in [0, 0.05) is 37.5 Å². The predicted molar refractivity (Wildman–Crippen MR) is 74.8 cm³/mol. The van der Waals surface area contributed by atoms with Crippen LogP contribution in [0.4, 0.5) is 0 Å². The van der Waals surface area contributed by atoms with E-state index >= 15 is 0 Å². The summed E-state index contributed by atoms with van der Waals surface area (Å²) in [5, 5.41) is 2.67. The molecular weight excluding hydrogens is 270 g/mol. The van der Waals surface area contributed by atoms with Crippen LogP contribution in [0.15, 0.2) is 35.6 Å². The monoisotopic (exact) mass is 285 g/mol. The summed E-state index contributed by atoms with van der Waals surface area (Å²) in [7, 11) is 0. The van der Waals surface area contributed by atoms with Gasteiger partial charge in [0.05, 0.1) is 12.0 Å². The highest BCUT2D eigenvalue weighted by Crippen LogP contribution is 2.38. The van der Waals surface area contributed by atoms with Gasteiger partial charge in [-0.15, -0.1) is 0 Å². The van der Waals surface area contributed by atoms with Gasteiger partial charge in [-0.25, -0.2) is 15.0 Å². The van der Waals surface area contributed by atoms with Crippen LogP contribution < -0.4 is 10.9 Å². The Kier molecular flexibility index (Phi) is 3.72. The fourth-order valence-corrected chi connectivity index (χ4v) is 2.00. The number of rotatable bonds is 5. The second kappa shape index (κ2) is 5.82. The van der Waals surface area contributed by atoms with Crippen molar-refractivity contribution >= 4 is 5.91 Å². The normalized spacial score (nSPS) is 13.9. The van der Waals surface area contributed by atoms with Gasteiger partial charge in [-0.05, 0) is 18.9 Å². The molecule has 7 heteroatoms. The molecule has 0 saturated heterocycles. The molecule has 21 heavy (non-hydrogen) atoms. The maximum absolute atomic E-state index is 11.9. The number of nitrogens with zero attached hydrogens (tertiary/aromatic N) is 4. The first kappa shape index (κ1) is 13.4. The third-order valence-electron chi connectivity index (χ3n) is 3.30. The van der Waals surface area contributed by atoms with Crippen LogP contribution in [-0.2, 0) is 6.54 Å². The standard InChI is InChI=1S/C14H15N5O2/c20-12-8-11(10-2-3-10)18-9-19(12)7-6-17-14(21)13-15-4-1-5-16-13/h1,4-5,8-10H,2-3,6-7H2,(H,17,21). The smallest absolute Gasteiger partial charge is 0.289 e. The summed E-state index contributed by atoms with van der Waals surface area (Å²) in [4.78, 5) is 35.6. The van der Waals surface area contributed by atoms with E-state index in [1.807, 2.05) is 0 Å². The molecule has 1 N–H and O–H groups in total. The molecule has 1 fully saturated rings. The van der Waals surface area contributed by atoms with E-state index in [9.17, 15) is 9.59 Å². The maximum atomic E-state index is 11.9. The molecule has 1 aliphatic carbocycles. The quantitative estimate of drug-likeness (QED) is 0.855. The van der Waals surface area contributed by atoms with Crippen molar-refractivity contribution in [2.45, 2.75) is 25.3 Å². The minimum Gasteiger partial charge on any atom is -0.348 e. The van der Waals surface area contributed by atoms with Crippen molar-refractivity contribution in [2.24, 2.45) is 0 Å². The fraction of sp³-hybridized carbons (Fsp3) is 0.357. The van der Waals surface area contributed by atoms with E-state index in [1.54, 1.807) is 18.5 Å². The van der Waals surface area contributed by atoms with Gasteiger partial charge < -0.3 is 5.32 Å². The molecule has 1 aliphatic rings. The van der Waals surface area contributed by atoms with Crippen LogP contribution in [0.25, 0.3) is 0 Å².